The van der Waals surface area contributed by atoms with Crippen LogP contribution in [0.4, 0.5) is 0 Å². The largest absolute Gasteiger partial charge is 0.329 e. The minimum absolute atomic E-state index is 0.241. The van der Waals surface area contributed by atoms with Crippen molar-refractivity contribution in [1.82, 2.24) is 4.31 Å². The third-order valence-corrected chi connectivity index (χ3v) is 2.53. The average molecular weight is 167 g/mol. The number of rotatable bonds is 3. The van der Waals surface area contributed by atoms with E-state index in [4.69, 9.17) is 10.9 Å². The van der Waals surface area contributed by atoms with Gasteiger partial charge in [-0.15, -0.1) is 0 Å². The second-order valence-electron chi connectivity index (χ2n) is 2.15. The van der Waals surface area contributed by atoms with E-state index < -0.39 is 10.2 Å². The first-order valence-electron chi connectivity index (χ1n) is 2.85. The molecule has 1 unspecified atom stereocenters. The van der Waals surface area contributed by atoms with Crippen LogP contribution < -0.4 is 10.9 Å². The highest BCUT2D eigenvalue weighted by atomic mass is 32.2. The van der Waals surface area contributed by atoms with Gasteiger partial charge in [-0.05, 0) is 6.92 Å². The Labute approximate surface area is 61.2 Å². The quantitative estimate of drug-likeness (QED) is 0.534. The molecule has 0 radical (unpaired) electrons. The molecule has 0 rings (SSSR count). The summed E-state index contributed by atoms with van der Waals surface area (Å²) in [5, 5.41) is 4.80. The maximum atomic E-state index is 10.6. The summed E-state index contributed by atoms with van der Waals surface area (Å²) in [6.07, 6.45) is 0. The summed E-state index contributed by atoms with van der Waals surface area (Å²) < 4.78 is 22.2. The van der Waals surface area contributed by atoms with Gasteiger partial charge < -0.3 is 5.73 Å². The van der Waals surface area contributed by atoms with Gasteiger partial charge in [-0.2, -0.15) is 12.7 Å². The molecule has 0 fully saturated rings. The van der Waals surface area contributed by atoms with Crippen LogP contribution in [0.2, 0.25) is 0 Å². The van der Waals surface area contributed by atoms with E-state index in [9.17, 15) is 8.42 Å². The number of nitrogens with two attached hydrogens (primary N) is 2. The summed E-state index contributed by atoms with van der Waals surface area (Å²) in [5.74, 6) is 0. The van der Waals surface area contributed by atoms with Crippen LogP contribution in [0, 0.1) is 0 Å². The van der Waals surface area contributed by atoms with Crippen LogP contribution in [0.1, 0.15) is 6.92 Å². The van der Waals surface area contributed by atoms with Gasteiger partial charge in [0.15, 0.2) is 0 Å². The summed E-state index contributed by atoms with van der Waals surface area (Å²) in [6, 6.07) is -0.241. The van der Waals surface area contributed by atoms with Crippen LogP contribution in [-0.2, 0) is 10.2 Å². The Hall–Kier alpha value is -0.170. The lowest BCUT2D eigenvalue weighted by Crippen LogP contribution is -2.43. The van der Waals surface area contributed by atoms with Crippen molar-refractivity contribution < 1.29 is 8.42 Å². The standard InChI is InChI=1S/C4H13N3O2S/c1-4(3-5)7(2)10(6,8)9/h4H,3,5H2,1-2H3,(H2,6,8,9). The van der Waals surface area contributed by atoms with E-state index in [-0.39, 0.29) is 12.6 Å². The minimum Gasteiger partial charge on any atom is -0.329 e. The van der Waals surface area contributed by atoms with Gasteiger partial charge in [0.2, 0.25) is 0 Å². The van der Waals surface area contributed by atoms with Crippen molar-refractivity contribution in [2.24, 2.45) is 10.9 Å². The first-order valence-corrected chi connectivity index (χ1v) is 4.35. The van der Waals surface area contributed by atoms with E-state index in [0.29, 0.717) is 0 Å². The van der Waals surface area contributed by atoms with Crippen LogP contribution in [0.15, 0.2) is 0 Å². The summed E-state index contributed by atoms with van der Waals surface area (Å²) in [4.78, 5) is 0. The lowest BCUT2D eigenvalue weighted by atomic mass is 10.4. The predicted molar refractivity (Wildman–Crippen MR) is 39.4 cm³/mol. The van der Waals surface area contributed by atoms with Gasteiger partial charge in [-0.25, -0.2) is 5.14 Å². The van der Waals surface area contributed by atoms with Crippen LogP contribution >= 0.6 is 0 Å². The summed E-state index contributed by atoms with van der Waals surface area (Å²) in [6.45, 7) is 1.96. The highest BCUT2D eigenvalue weighted by Gasteiger charge is 2.16. The fourth-order valence-electron chi connectivity index (χ4n) is 0.399. The fourth-order valence-corrected chi connectivity index (χ4v) is 0.987. The van der Waals surface area contributed by atoms with Gasteiger partial charge >= 0.3 is 0 Å². The smallest absolute Gasteiger partial charge is 0.276 e. The molecule has 10 heavy (non-hydrogen) atoms. The SMILES string of the molecule is CC(CN)N(C)S(N)(=O)=O. The number of hydrogen-bond acceptors (Lipinski definition) is 3. The first-order chi connectivity index (χ1) is 4.39. The number of hydrogen-bond donors (Lipinski definition) is 2. The van der Waals surface area contributed by atoms with Gasteiger partial charge in [0.1, 0.15) is 0 Å². The van der Waals surface area contributed by atoms with Crippen molar-refractivity contribution in [3.05, 3.63) is 0 Å². The molecule has 0 aliphatic carbocycles. The maximum Gasteiger partial charge on any atom is 0.276 e. The molecule has 0 bridgehead atoms. The van der Waals surface area contributed by atoms with Crippen LogP contribution in [0.5, 0.6) is 0 Å². The molecule has 0 aromatic heterocycles. The molecule has 0 saturated heterocycles. The van der Waals surface area contributed by atoms with Crippen LogP contribution in [0.3, 0.4) is 0 Å². The Morgan fingerprint density at radius 2 is 2.00 bits per heavy atom. The molecule has 0 heterocycles. The van der Waals surface area contributed by atoms with Crippen molar-refractivity contribution in [1.29, 1.82) is 0 Å². The maximum absolute atomic E-state index is 10.6. The number of likely N-dealkylation sites (N-methyl/N-ethyl adjacent to an activating group) is 1. The molecule has 0 amide bonds. The molecule has 0 aromatic rings. The zero-order chi connectivity index (χ0) is 8.36. The average Bonchev–Trinajstić information content (AvgIpc) is 1.83. The fraction of sp³-hybridized carbons (Fsp3) is 1.00. The third kappa shape index (κ3) is 2.61. The van der Waals surface area contributed by atoms with Crippen molar-refractivity contribution in [3.63, 3.8) is 0 Å². The summed E-state index contributed by atoms with van der Waals surface area (Å²) in [5.41, 5.74) is 5.21. The van der Waals surface area contributed by atoms with Crippen molar-refractivity contribution >= 4 is 10.2 Å². The molecule has 62 valence electrons. The molecule has 6 heteroatoms. The number of nitrogens with zero attached hydrogens (tertiary/aromatic N) is 1. The van der Waals surface area contributed by atoms with E-state index in [1.165, 1.54) is 7.05 Å². The molecule has 5 nitrogen and oxygen atoms in total. The first kappa shape index (κ1) is 9.83. The Kier molecular flexibility index (Phi) is 3.23. The lowest BCUT2D eigenvalue weighted by Gasteiger charge is -2.19. The van der Waals surface area contributed by atoms with E-state index in [2.05, 4.69) is 0 Å². The van der Waals surface area contributed by atoms with E-state index in [1.807, 2.05) is 0 Å². The topological polar surface area (TPSA) is 89.4 Å². The molecule has 4 N–H and O–H groups in total. The zero-order valence-corrected chi connectivity index (χ0v) is 6.93. The van der Waals surface area contributed by atoms with Crippen molar-refractivity contribution in [3.8, 4) is 0 Å². The molecule has 0 aliphatic heterocycles. The Morgan fingerprint density at radius 1 is 1.60 bits per heavy atom. The van der Waals surface area contributed by atoms with Crippen LogP contribution in [-0.4, -0.2) is 32.4 Å². The zero-order valence-electron chi connectivity index (χ0n) is 6.11. The second-order valence-corrected chi connectivity index (χ2v) is 3.75. The monoisotopic (exact) mass is 167 g/mol. The Bertz CT molecular complexity index is 189. The summed E-state index contributed by atoms with van der Waals surface area (Å²) >= 11 is 0. The Morgan fingerprint density at radius 3 is 2.10 bits per heavy atom. The van der Waals surface area contributed by atoms with Gasteiger partial charge in [0.05, 0.1) is 0 Å². The minimum atomic E-state index is -3.56. The molecule has 1 atom stereocenters. The van der Waals surface area contributed by atoms with Gasteiger partial charge in [0.25, 0.3) is 10.2 Å². The van der Waals surface area contributed by atoms with E-state index in [0.717, 1.165) is 4.31 Å². The molecule has 0 spiro atoms. The second kappa shape index (κ2) is 3.29. The molecule has 0 aromatic carbocycles. The normalized spacial score (nSPS) is 15.7. The highest BCUT2D eigenvalue weighted by Crippen LogP contribution is 1.95. The van der Waals surface area contributed by atoms with Crippen molar-refractivity contribution in [2.45, 2.75) is 13.0 Å². The predicted octanol–water partition coefficient (Wildman–Crippen LogP) is -1.53. The molecule has 0 aliphatic rings. The summed E-state index contributed by atoms with van der Waals surface area (Å²) in [7, 11) is -2.17. The van der Waals surface area contributed by atoms with Gasteiger partial charge in [-0.1, -0.05) is 0 Å². The third-order valence-electron chi connectivity index (χ3n) is 1.36. The molecular weight excluding hydrogens is 154 g/mol. The Balaban J connectivity index is 4.23. The highest BCUT2D eigenvalue weighted by molar-refractivity contribution is 7.86. The van der Waals surface area contributed by atoms with Crippen molar-refractivity contribution in [2.75, 3.05) is 13.6 Å². The van der Waals surface area contributed by atoms with E-state index >= 15 is 0 Å². The lowest BCUT2D eigenvalue weighted by molar-refractivity contribution is 0.395. The molecular formula is C4H13N3O2S. The van der Waals surface area contributed by atoms with Gasteiger partial charge in [-0.3, -0.25) is 0 Å². The van der Waals surface area contributed by atoms with E-state index in [1.54, 1.807) is 6.92 Å². The molecule has 0 saturated carbocycles. The van der Waals surface area contributed by atoms with Gasteiger partial charge in [0, 0.05) is 19.6 Å². The van der Waals surface area contributed by atoms with Crippen LogP contribution in [0.25, 0.3) is 0 Å².